The number of allylic oxidation sites excluding steroid dienone is 24. The van der Waals surface area contributed by atoms with Crippen molar-refractivity contribution < 1.29 is 52.2 Å². The third-order valence-electron chi connectivity index (χ3n) is 10.5. The van der Waals surface area contributed by atoms with Crippen molar-refractivity contribution in [2.75, 3.05) is 26.4 Å². The monoisotopic (exact) mass is 1050 g/mol. The van der Waals surface area contributed by atoms with Crippen molar-refractivity contribution in [3.05, 3.63) is 158 Å². The van der Waals surface area contributed by atoms with Crippen molar-refractivity contribution in [1.29, 1.82) is 0 Å². The van der Waals surface area contributed by atoms with E-state index in [1.165, 1.54) is 6.42 Å². The molecule has 0 rings (SSSR count). The van der Waals surface area contributed by atoms with Crippen LogP contribution >= 0.6 is 7.82 Å². The van der Waals surface area contributed by atoms with E-state index in [1.807, 2.05) is 36.5 Å². The molecule has 0 spiro atoms. The van der Waals surface area contributed by atoms with Gasteiger partial charge in [-0.2, -0.15) is 0 Å². The molecule has 0 bridgehead atoms. The van der Waals surface area contributed by atoms with Crippen LogP contribution in [0, 0.1) is 0 Å². The van der Waals surface area contributed by atoms with Gasteiger partial charge in [0.2, 0.25) is 0 Å². The lowest BCUT2D eigenvalue weighted by atomic mass is 10.1. The summed E-state index contributed by atoms with van der Waals surface area (Å²) in [6, 6.07) is 0. The predicted molar refractivity (Wildman–Crippen MR) is 306 cm³/mol. The predicted octanol–water partition coefficient (Wildman–Crippen LogP) is 16.1. The van der Waals surface area contributed by atoms with Crippen molar-refractivity contribution in [2.24, 2.45) is 0 Å². The highest BCUT2D eigenvalue weighted by atomic mass is 31.2. The molecule has 3 unspecified atom stereocenters. The maximum atomic E-state index is 12.9. The Hall–Kier alpha value is -4.90. The Morgan fingerprint density at radius 2 is 0.703 bits per heavy atom. The van der Waals surface area contributed by atoms with Gasteiger partial charge in [-0.15, -0.1) is 0 Å². The van der Waals surface area contributed by atoms with E-state index in [-0.39, 0.29) is 19.3 Å². The van der Waals surface area contributed by atoms with Gasteiger partial charge in [0.1, 0.15) is 12.7 Å². The molecular weight excluding hydrogens is 952 g/mol. The van der Waals surface area contributed by atoms with Crippen LogP contribution in [0.25, 0.3) is 0 Å². The molecular formula is C62H95O11P. The SMILES string of the molecule is CC/C=C\C/C=C\C/C=C\C/C=C\C/C=C\CC(=O)OC(CO)COP(=O)(O)OCC(COC(=O)CCCCCCCCC/C=C\C/C=C\C/C=C\CC)OC(=O)C/C=C\C/C=C\C/C=C\C/C=C\C/C=C\CC. The quantitative estimate of drug-likeness (QED) is 0.0197. The molecule has 0 aromatic carbocycles. The summed E-state index contributed by atoms with van der Waals surface area (Å²) in [5, 5.41) is 9.78. The number of esters is 3. The molecule has 3 atom stereocenters. The summed E-state index contributed by atoms with van der Waals surface area (Å²) >= 11 is 0. The molecule has 0 heterocycles. The van der Waals surface area contributed by atoms with Gasteiger partial charge in [0.25, 0.3) is 0 Å². The summed E-state index contributed by atoms with van der Waals surface area (Å²) in [5.41, 5.74) is 0. The number of unbranched alkanes of at least 4 members (excludes halogenated alkanes) is 7. The lowest BCUT2D eigenvalue weighted by molar-refractivity contribution is -0.160. The molecule has 0 aromatic heterocycles. The molecule has 0 aliphatic heterocycles. The van der Waals surface area contributed by atoms with Crippen LogP contribution in [0.5, 0.6) is 0 Å². The third kappa shape index (κ3) is 52.0. The summed E-state index contributed by atoms with van der Waals surface area (Å²) < 4.78 is 39.2. The average Bonchev–Trinajstić information content (AvgIpc) is 3.39. The number of carbonyl (C=O) groups excluding carboxylic acids is 3. The van der Waals surface area contributed by atoms with Crippen molar-refractivity contribution >= 4 is 25.7 Å². The minimum Gasteiger partial charge on any atom is -0.462 e. The molecule has 0 aromatic rings. The van der Waals surface area contributed by atoms with Gasteiger partial charge >= 0.3 is 25.7 Å². The summed E-state index contributed by atoms with van der Waals surface area (Å²) in [6.45, 7) is 4.03. The Kier molecular flexibility index (Phi) is 50.8. The maximum Gasteiger partial charge on any atom is 0.472 e. The Morgan fingerprint density at radius 1 is 0.392 bits per heavy atom. The molecule has 2 N–H and O–H groups in total. The van der Waals surface area contributed by atoms with Crippen molar-refractivity contribution in [2.45, 2.75) is 187 Å². The highest BCUT2D eigenvalue weighted by Crippen LogP contribution is 2.43. The summed E-state index contributed by atoms with van der Waals surface area (Å²) in [4.78, 5) is 48.3. The number of carbonyl (C=O) groups is 3. The second-order valence-electron chi connectivity index (χ2n) is 17.3. The van der Waals surface area contributed by atoms with Crippen LogP contribution < -0.4 is 0 Å². The van der Waals surface area contributed by atoms with Crippen LogP contribution in [0.2, 0.25) is 0 Å². The van der Waals surface area contributed by atoms with E-state index >= 15 is 0 Å². The van der Waals surface area contributed by atoms with Crippen LogP contribution in [-0.4, -0.2) is 66.5 Å². The molecule has 414 valence electrons. The zero-order valence-corrected chi connectivity index (χ0v) is 46.4. The molecule has 74 heavy (non-hydrogen) atoms. The van der Waals surface area contributed by atoms with E-state index in [0.29, 0.717) is 19.3 Å². The van der Waals surface area contributed by atoms with E-state index in [9.17, 15) is 28.9 Å². The fraction of sp³-hybridized carbons (Fsp3) is 0.532. The number of phosphoric ester groups is 1. The van der Waals surface area contributed by atoms with Crippen LogP contribution in [0.4, 0.5) is 0 Å². The summed E-state index contributed by atoms with van der Waals surface area (Å²) in [7, 11) is -4.81. The molecule has 0 amide bonds. The zero-order valence-electron chi connectivity index (χ0n) is 45.5. The van der Waals surface area contributed by atoms with Gasteiger partial charge in [-0.25, -0.2) is 4.57 Å². The molecule has 0 fully saturated rings. The number of aliphatic hydroxyl groups is 1. The third-order valence-corrected chi connectivity index (χ3v) is 11.4. The first kappa shape index (κ1) is 69.1. The lowest BCUT2D eigenvalue weighted by Crippen LogP contribution is -2.30. The van der Waals surface area contributed by atoms with Crippen molar-refractivity contribution in [3.63, 3.8) is 0 Å². The molecule has 11 nitrogen and oxygen atoms in total. The standard InChI is InChI=1S/C62H95O11P/c1-4-7-10-13-16-19-22-25-28-29-32-33-36-39-42-45-48-51-60(64)69-55-59(73-62(66)53-50-47-44-41-38-35-31-27-24-21-18-15-12-9-6-3)57-71-74(67,68)70-56-58(54-63)72-61(65)52-49-46-43-40-37-34-30-26-23-20-17-14-11-8-5-2/h7-12,16-21,25-28,30-31,37-38,40-41,46-47,49-50,58-59,63H,4-6,13-15,22-24,29,32-36,39,42-45,48,51-57H2,1-3H3,(H,67,68)/b10-7-,11-8-,12-9-,19-16-,20-17-,21-18-,28-25-,30-26-,31-27-,40-37-,41-38-,49-46-,50-47-. The lowest BCUT2D eigenvalue weighted by Gasteiger charge is -2.21. The number of rotatable bonds is 48. The highest BCUT2D eigenvalue weighted by Gasteiger charge is 2.28. The van der Waals surface area contributed by atoms with E-state index in [0.717, 1.165) is 109 Å². The fourth-order valence-corrected chi connectivity index (χ4v) is 7.24. The summed E-state index contributed by atoms with van der Waals surface area (Å²) in [6.07, 6.45) is 71.2. The first-order valence-electron chi connectivity index (χ1n) is 27.4. The van der Waals surface area contributed by atoms with E-state index in [1.54, 1.807) is 12.2 Å². The van der Waals surface area contributed by atoms with E-state index in [2.05, 4.69) is 130 Å². The largest absolute Gasteiger partial charge is 0.472 e. The van der Waals surface area contributed by atoms with Gasteiger partial charge < -0.3 is 24.2 Å². The van der Waals surface area contributed by atoms with Gasteiger partial charge in [-0.3, -0.25) is 23.4 Å². The van der Waals surface area contributed by atoms with Gasteiger partial charge in [0.05, 0.1) is 32.7 Å². The molecule has 0 aliphatic carbocycles. The van der Waals surface area contributed by atoms with Gasteiger partial charge in [-0.1, -0.05) is 211 Å². The first-order chi connectivity index (χ1) is 36.2. The van der Waals surface area contributed by atoms with Gasteiger partial charge in [-0.05, 0) is 103 Å². The minimum atomic E-state index is -4.81. The number of hydrogen-bond donors (Lipinski definition) is 2. The first-order valence-corrected chi connectivity index (χ1v) is 28.9. The molecule has 0 radical (unpaired) electrons. The highest BCUT2D eigenvalue weighted by molar-refractivity contribution is 7.47. The van der Waals surface area contributed by atoms with Crippen molar-refractivity contribution in [1.82, 2.24) is 0 Å². The Bertz CT molecular complexity index is 1840. The smallest absolute Gasteiger partial charge is 0.462 e. The maximum absolute atomic E-state index is 12.9. The normalized spacial score (nSPS) is 14.6. The van der Waals surface area contributed by atoms with E-state index < -0.39 is 64.4 Å². The Balaban J connectivity index is 4.96. The number of ether oxygens (including phenoxy) is 3. The minimum absolute atomic E-state index is 0.0716. The van der Waals surface area contributed by atoms with Crippen LogP contribution in [0.1, 0.15) is 175 Å². The second kappa shape index (κ2) is 54.4. The number of hydrogen-bond acceptors (Lipinski definition) is 10. The average molecular weight is 1050 g/mol. The number of aliphatic hydroxyl groups excluding tert-OH is 1. The molecule has 0 aliphatic rings. The topological polar surface area (TPSA) is 155 Å². The molecule has 0 saturated carbocycles. The second-order valence-corrected chi connectivity index (χ2v) is 18.7. The van der Waals surface area contributed by atoms with Crippen LogP contribution in [-0.2, 0) is 42.2 Å². The molecule has 0 saturated heterocycles. The fourth-order valence-electron chi connectivity index (χ4n) is 6.46. The Labute approximate surface area is 447 Å². The molecule has 12 heteroatoms. The van der Waals surface area contributed by atoms with Crippen LogP contribution in [0.3, 0.4) is 0 Å². The van der Waals surface area contributed by atoms with E-state index in [4.69, 9.17) is 23.3 Å². The zero-order chi connectivity index (χ0) is 54.1. The van der Waals surface area contributed by atoms with Gasteiger partial charge in [0, 0.05) is 6.42 Å². The summed E-state index contributed by atoms with van der Waals surface area (Å²) in [5.74, 6) is -1.79. The number of phosphoric acid groups is 1. The Morgan fingerprint density at radius 3 is 1.08 bits per heavy atom. The van der Waals surface area contributed by atoms with Crippen molar-refractivity contribution in [3.8, 4) is 0 Å². The van der Waals surface area contributed by atoms with Gasteiger partial charge in [0.15, 0.2) is 6.10 Å². The van der Waals surface area contributed by atoms with Crippen LogP contribution in [0.15, 0.2) is 158 Å².